The van der Waals surface area contributed by atoms with E-state index < -0.39 is 5.97 Å². The van der Waals surface area contributed by atoms with Crippen LogP contribution in [-0.4, -0.2) is 29.1 Å². The van der Waals surface area contributed by atoms with Gasteiger partial charge in [-0.1, -0.05) is 82.2 Å². The first-order valence-corrected chi connectivity index (χ1v) is 9.31. The number of alkyl halides is 1. The maximum atomic E-state index is 11.7. The SMILES string of the molecule is O=C(O)C1=C(c2ccc(Cl)c(Cl)c2)CN(C(I)c2ccccc2)C1. The molecule has 1 heterocycles. The third-order valence-electron chi connectivity index (χ3n) is 4.01. The van der Waals surface area contributed by atoms with Gasteiger partial charge in [-0.05, 0) is 28.8 Å². The Balaban J connectivity index is 1.91. The second-order valence-electron chi connectivity index (χ2n) is 5.54. The molecule has 0 aromatic heterocycles. The molecule has 0 radical (unpaired) electrons. The molecule has 2 aromatic carbocycles. The molecule has 2 aromatic rings. The Morgan fingerprint density at radius 2 is 1.79 bits per heavy atom. The van der Waals surface area contributed by atoms with Crippen LogP contribution in [-0.2, 0) is 4.79 Å². The number of hydrogen-bond donors (Lipinski definition) is 1. The average molecular weight is 474 g/mol. The fraction of sp³-hybridized carbons (Fsp3) is 0.167. The molecule has 1 N–H and O–H groups in total. The van der Waals surface area contributed by atoms with E-state index in [1.165, 1.54) is 0 Å². The zero-order valence-electron chi connectivity index (χ0n) is 12.5. The van der Waals surface area contributed by atoms with Gasteiger partial charge in [0.1, 0.15) is 0 Å². The smallest absolute Gasteiger partial charge is 0.333 e. The Bertz CT molecular complexity index is 808. The fourth-order valence-corrected chi connectivity index (χ4v) is 3.89. The van der Waals surface area contributed by atoms with Gasteiger partial charge < -0.3 is 5.11 Å². The standard InChI is InChI=1S/C18H14Cl2INO2/c19-15-7-6-12(8-16(15)20)13-9-22(10-14(13)18(23)24)17(21)11-4-2-1-3-5-11/h1-8,17H,9-10H2,(H,23,24). The molecule has 1 atom stereocenters. The van der Waals surface area contributed by atoms with Crippen molar-refractivity contribution in [1.29, 1.82) is 0 Å². The topological polar surface area (TPSA) is 40.5 Å². The zero-order valence-corrected chi connectivity index (χ0v) is 16.2. The molecule has 1 aliphatic heterocycles. The van der Waals surface area contributed by atoms with E-state index in [1.807, 2.05) is 24.3 Å². The monoisotopic (exact) mass is 473 g/mol. The molecular weight excluding hydrogens is 460 g/mol. The lowest BCUT2D eigenvalue weighted by atomic mass is 10.0. The summed E-state index contributed by atoms with van der Waals surface area (Å²) in [6.07, 6.45) is 0. The van der Waals surface area contributed by atoms with Crippen LogP contribution in [0.15, 0.2) is 54.1 Å². The van der Waals surface area contributed by atoms with Crippen molar-refractivity contribution in [2.75, 3.05) is 13.1 Å². The number of halogens is 3. The molecule has 0 spiro atoms. The van der Waals surface area contributed by atoms with Crippen molar-refractivity contribution in [3.05, 3.63) is 75.3 Å². The number of nitrogens with zero attached hydrogens (tertiary/aromatic N) is 1. The van der Waals surface area contributed by atoms with Gasteiger partial charge in [-0.25, -0.2) is 4.79 Å². The van der Waals surface area contributed by atoms with Crippen molar-refractivity contribution >= 4 is 57.3 Å². The number of carboxylic acid groups (broad SMARTS) is 1. The summed E-state index contributed by atoms with van der Waals surface area (Å²) in [7, 11) is 0. The minimum atomic E-state index is -0.893. The normalized spacial score (nSPS) is 16.5. The Morgan fingerprint density at radius 3 is 2.42 bits per heavy atom. The fourth-order valence-electron chi connectivity index (χ4n) is 2.78. The van der Waals surface area contributed by atoms with Crippen LogP contribution in [0.3, 0.4) is 0 Å². The highest BCUT2D eigenvalue weighted by Gasteiger charge is 2.31. The van der Waals surface area contributed by atoms with Crippen molar-refractivity contribution in [3.63, 3.8) is 0 Å². The minimum absolute atomic E-state index is 0.0958. The van der Waals surface area contributed by atoms with Gasteiger partial charge in [0.25, 0.3) is 0 Å². The van der Waals surface area contributed by atoms with E-state index in [2.05, 4.69) is 39.6 Å². The first kappa shape index (κ1) is 17.7. The quantitative estimate of drug-likeness (QED) is 0.373. The van der Waals surface area contributed by atoms with Gasteiger partial charge in [-0.15, -0.1) is 0 Å². The van der Waals surface area contributed by atoms with Gasteiger partial charge in [-0.3, -0.25) is 4.90 Å². The lowest BCUT2D eigenvalue weighted by Crippen LogP contribution is -2.24. The molecule has 0 fully saturated rings. The van der Waals surface area contributed by atoms with Crippen LogP contribution < -0.4 is 0 Å². The first-order valence-electron chi connectivity index (χ1n) is 7.31. The molecule has 0 saturated carbocycles. The number of carboxylic acids is 1. The van der Waals surface area contributed by atoms with Crippen LogP contribution in [0.5, 0.6) is 0 Å². The van der Waals surface area contributed by atoms with Crippen LogP contribution in [0, 0.1) is 0 Å². The summed E-state index contributed by atoms with van der Waals surface area (Å²) < 4.78 is 0.0958. The summed E-state index contributed by atoms with van der Waals surface area (Å²) in [4.78, 5) is 13.8. The maximum Gasteiger partial charge on any atom is 0.333 e. The average Bonchev–Trinajstić information content (AvgIpc) is 3.03. The van der Waals surface area contributed by atoms with Crippen molar-refractivity contribution in [3.8, 4) is 0 Å². The van der Waals surface area contributed by atoms with Gasteiger partial charge in [0.2, 0.25) is 0 Å². The number of hydrogen-bond acceptors (Lipinski definition) is 2. The first-order chi connectivity index (χ1) is 11.5. The summed E-state index contributed by atoms with van der Waals surface area (Å²) in [5.41, 5.74) is 3.16. The van der Waals surface area contributed by atoms with Gasteiger partial charge in [-0.2, -0.15) is 0 Å². The lowest BCUT2D eigenvalue weighted by molar-refractivity contribution is -0.132. The second kappa shape index (κ2) is 7.44. The lowest BCUT2D eigenvalue weighted by Gasteiger charge is -2.23. The molecule has 124 valence electrons. The van der Waals surface area contributed by atoms with E-state index in [0.29, 0.717) is 28.7 Å². The molecule has 0 saturated heterocycles. The highest BCUT2D eigenvalue weighted by Crippen LogP contribution is 2.37. The summed E-state index contributed by atoms with van der Waals surface area (Å²) in [5.74, 6) is -0.893. The summed E-state index contributed by atoms with van der Waals surface area (Å²) in [5, 5.41) is 10.5. The van der Waals surface area contributed by atoms with Gasteiger partial charge in [0, 0.05) is 13.1 Å². The number of carbonyl (C=O) groups is 1. The summed E-state index contributed by atoms with van der Waals surface area (Å²) >= 11 is 14.4. The van der Waals surface area contributed by atoms with Crippen molar-refractivity contribution in [2.45, 2.75) is 4.05 Å². The molecule has 3 rings (SSSR count). The number of rotatable bonds is 4. The molecule has 0 amide bonds. The van der Waals surface area contributed by atoms with E-state index in [4.69, 9.17) is 23.2 Å². The Labute approximate surface area is 164 Å². The highest BCUT2D eigenvalue weighted by molar-refractivity contribution is 14.1. The molecule has 0 aliphatic carbocycles. The van der Waals surface area contributed by atoms with Gasteiger partial charge >= 0.3 is 5.97 Å². The van der Waals surface area contributed by atoms with Crippen molar-refractivity contribution < 1.29 is 9.90 Å². The largest absolute Gasteiger partial charge is 0.478 e. The number of aliphatic carboxylic acids is 1. The minimum Gasteiger partial charge on any atom is -0.478 e. The Hall–Kier alpha value is -1.08. The van der Waals surface area contributed by atoms with Crippen LogP contribution in [0.4, 0.5) is 0 Å². The van der Waals surface area contributed by atoms with Crippen LogP contribution in [0.1, 0.15) is 15.2 Å². The molecule has 1 unspecified atom stereocenters. The maximum absolute atomic E-state index is 11.7. The van der Waals surface area contributed by atoms with E-state index in [0.717, 1.165) is 16.7 Å². The summed E-state index contributed by atoms with van der Waals surface area (Å²) in [6.45, 7) is 0.954. The number of benzene rings is 2. The zero-order chi connectivity index (χ0) is 17.3. The van der Waals surface area contributed by atoms with Crippen molar-refractivity contribution in [1.82, 2.24) is 4.90 Å². The summed E-state index contributed by atoms with van der Waals surface area (Å²) in [6, 6.07) is 15.3. The Kier molecular flexibility index (Phi) is 5.49. The third-order valence-corrected chi connectivity index (χ3v) is 6.25. The van der Waals surface area contributed by atoms with Gasteiger partial charge in [0.05, 0.1) is 19.7 Å². The molecule has 3 nitrogen and oxygen atoms in total. The van der Waals surface area contributed by atoms with Crippen molar-refractivity contribution in [2.24, 2.45) is 0 Å². The van der Waals surface area contributed by atoms with Gasteiger partial charge in [0.15, 0.2) is 0 Å². The van der Waals surface area contributed by atoms with Crippen LogP contribution in [0.2, 0.25) is 10.0 Å². The van der Waals surface area contributed by atoms with E-state index >= 15 is 0 Å². The molecule has 6 heteroatoms. The van der Waals surface area contributed by atoms with Crippen LogP contribution in [0.25, 0.3) is 5.57 Å². The molecule has 24 heavy (non-hydrogen) atoms. The van der Waals surface area contributed by atoms with E-state index in [-0.39, 0.29) is 4.05 Å². The molecule has 1 aliphatic rings. The molecular formula is C18H14Cl2INO2. The van der Waals surface area contributed by atoms with E-state index in [1.54, 1.807) is 12.1 Å². The molecule has 0 bridgehead atoms. The predicted octanol–water partition coefficient (Wildman–Crippen LogP) is 5.28. The highest BCUT2D eigenvalue weighted by atomic mass is 127. The predicted molar refractivity (Wildman–Crippen MR) is 106 cm³/mol. The second-order valence-corrected chi connectivity index (χ2v) is 7.54. The Morgan fingerprint density at radius 1 is 1.08 bits per heavy atom. The van der Waals surface area contributed by atoms with Crippen LogP contribution >= 0.6 is 45.8 Å². The third kappa shape index (κ3) is 3.61. The van der Waals surface area contributed by atoms with E-state index in [9.17, 15) is 9.90 Å².